The van der Waals surface area contributed by atoms with Crippen molar-refractivity contribution in [2.45, 2.75) is 13.3 Å². The Bertz CT molecular complexity index is 581. The van der Waals surface area contributed by atoms with E-state index in [0.717, 1.165) is 12.0 Å². The first kappa shape index (κ1) is 13.6. The molecule has 0 saturated heterocycles. The molecule has 98 valence electrons. The Kier molecular flexibility index (Phi) is 4.53. The highest BCUT2D eigenvalue weighted by Gasteiger charge is 2.14. The molecule has 0 spiro atoms. The molecule has 0 saturated carbocycles. The summed E-state index contributed by atoms with van der Waals surface area (Å²) in [5.74, 6) is 0.739. The first-order chi connectivity index (χ1) is 9.27. The molecule has 0 aliphatic rings. The third-order valence-corrected chi connectivity index (χ3v) is 3.32. The molecule has 3 nitrogen and oxygen atoms in total. The van der Waals surface area contributed by atoms with Crippen molar-refractivity contribution in [3.8, 4) is 22.6 Å². The minimum Gasteiger partial charge on any atom is -0.507 e. The van der Waals surface area contributed by atoms with E-state index >= 15 is 0 Å². The molecule has 0 heterocycles. The monoisotopic (exact) mass is 274 g/mol. The summed E-state index contributed by atoms with van der Waals surface area (Å²) in [5, 5.41) is 10.7. The molecule has 0 radical (unpaired) electrons. The number of ether oxygens (including phenoxy) is 1. The van der Waals surface area contributed by atoms with Crippen LogP contribution in [0.4, 0.5) is 0 Å². The molecule has 0 aliphatic heterocycles. The van der Waals surface area contributed by atoms with Crippen LogP contribution in [-0.2, 0) is 4.57 Å². The largest absolute Gasteiger partial charge is 0.507 e. The number of rotatable bonds is 5. The summed E-state index contributed by atoms with van der Waals surface area (Å²) >= 11 is 0. The molecule has 2 aromatic carbocycles. The summed E-state index contributed by atoms with van der Waals surface area (Å²) in [6.45, 7) is 2.60. The van der Waals surface area contributed by atoms with Crippen LogP contribution in [0.15, 0.2) is 42.5 Å². The molecule has 2 rings (SSSR count). The first-order valence-corrected chi connectivity index (χ1v) is 6.96. The molecule has 19 heavy (non-hydrogen) atoms. The third-order valence-electron chi connectivity index (χ3n) is 2.74. The van der Waals surface area contributed by atoms with Crippen LogP contribution >= 0.6 is 8.46 Å². The highest BCUT2D eigenvalue weighted by Crippen LogP contribution is 2.37. The molecule has 0 atom stereocenters. The summed E-state index contributed by atoms with van der Waals surface area (Å²) in [7, 11) is -0.0762. The number of benzene rings is 2. The van der Waals surface area contributed by atoms with E-state index in [2.05, 4.69) is 0 Å². The Morgan fingerprint density at radius 1 is 1.16 bits per heavy atom. The van der Waals surface area contributed by atoms with Crippen molar-refractivity contribution in [3.05, 3.63) is 42.5 Å². The van der Waals surface area contributed by atoms with E-state index in [1.807, 2.05) is 31.2 Å². The van der Waals surface area contributed by atoms with Gasteiger partial charge < -0.3 is 9.84 Å². The van der Waals surface area contributed by atoms with E-state index in [1.165, 1.54) is 0 Å². The van der Waals surface area contributed by atoms with Gasteiger partial charge in [-0.05, 0) is 24.6 Å². The highest BCUT2D eigenvalue weighted by atomic mass is 31.1. The molecular formula is C15H15O3P. The molecule has 0 fully saturated rings. The van der Waals surface area contributed by atoms with Crippen molar-refractivity contribution in [2.75, 3.05) is 6.61 Å². The average Bonchev–Trinajstić information content (AvgIpc) is 2.45. The second-order valence-electron chi connectivity index (χ2n) is 4.11. The maximum atomic E-state index is 11.2. The lowest BCUT2D eigenvalue weighted by atomic mass is 10.0. The van der Waals surface area contributed by atoms with Crippen LogP contribution < -0.4 is 10.0 Å². The average molecular weight is 274 g/mol. The molecule has 2 aromatic rings. The van der Waals surface area contributed by atoms with Gasteiger partial charge in [-0.2, -0.15) is 0 Å². The van der Waals surface area contributed by atoms with E-state index in [0.29, 0.717) is 23.2 Å². The van der Waals surface area contributed by atoms with Gasteiger partial charge in [0.05, 0.1) is 17.5 Å². The number of aromatic hydroxyl groups is 1. The summed E-state index contributed by atoms with van der Waals surface area (Å²) in [4.78, 5) is 0. The molecule has 4 heteroatoms. The van der Waals surface area contributed by atoms with E-state index in [-0.39, 0.29) is 14.2 Å². The van der Waals surface area contributed by atoms with Gasteiger partial charge in [-0.3, -0.25) is 4.57 Å². The van der Waals surface area contributed by atoms with E-state index < -0.39 is 0 Å². The number of hydrogen-bond acceptors (Lipinski definition) is 3. The summed E-state index contributed by atoms with van der Waals surface area (Å²) in [5.41, 5.74) is 1.32. The zero-order chi connectivity index (χ0) is 13.7. The fourth-order valence-electron chi connectivity index (χ4n) is 1.89. The molecule has 1 N–H and O–H groups in total. The van der Waals surface area contributed by atoms with E-state index in [9.17, 15) is 9.67 Å². The first-order valence-electron chi connectivity index (χ1n) is 6.15. The van der Waals surface area contributed by atoms with Crippen LogP contribution in [-0.4, -0.2) is 11.7 Å². The fraction of sp³-hybridized carbons (Fsp3) is 0.200. The third kappa shape index (κ3) is 2.94. The van der Waals surface area contributed by atoms with Gasteiger partial charge in [-0.15, -0.1) is 0 Å². The van der Waals surface area contributed by atoms with E-state index in [1.54, 1.807) is 18.2 Å². The van der Waals surface area contributed by atoms with Gasteiger partial charge in [0.1, 0.15) is 11.5 Å². The van der Waals surface area contributed by atoms with Gasteiger partial charge in [-0.25, -0.2) is 0 Å². The van der Waals surface area contributed by atoms with Crippen molar-refractivity contribution in [3.63, 3.8) is 0 Å². The minimum absolute atomic E-state index is 0.0762. The van der Waals surface area contributed by atoms with Gasteiger partial charge in [0.15, 0.2) is 8.46 Å². The minimum atomic E-state index is -0.0762. The maximum absolute atomic E-state index is 11.2. The number of hydrogen-bond donors (Lipinski definition) is 1. The van der Waals surface area contributed by atoms with Crippen LogP contribution in [0.2, 0.25) is 0 Å². The highest BCUT2D eigenvalue weighted by molar-refractivity contribution is 7.34. The van der Waals surface area contributed by atoms with Crippen molar-refractivity contribution in [2.24, 2.45) is 0 Å². The maximum Gasteiger partial charge on any atom is 0.192 e. The molecule has 0 bridgehead atoms. The van der Waals surface area contributed by atoms with Crippen molar-refractivity contribution >= 4 is 13.8 Å². The SMILES string of the molecule is CCCOc1cccc(O)c1-c1ccccc1P=O. The van der Waals surface area contributed by atoms with Crippen LogP contribution in [0.25, 0.3) is 11.1 Å². The number of phenolic OH excluding ortho intramolecular Hbond substituents is 1. The van der Waals surface area contributed by atoms with Gasteiger partial charge in [0, 0.05) is 5.56 Å². The van der Waals surface area contributed by atoms with Gasteiger partial charge in [-0.1, -0.05) is 31.2 Å². The lowest BCUT2D eigenvalue weighted by Gasteiger charge is -2.13. The van der Waals surface area contributed by atoms with Gasteiger partial charge in [0.25, 0.3) is 0 Å². The molecule has 0 unspecified atom stereocenters. The summed E-state index contributed by atoms with van der Waals surface area (Å²) < 4.78 is 16.9. The molecular weight excluding hydrogens is 259 g/mol. The number of phenols is 1. The Labute approximate surface area is 114 Å². The molecule has 0 aliphatic carbocycles. The zero-order valence-electron chi connectivity index (χ0n) is 10.7. The molecule has 0 aromatic heterocycles. The Balaban J connectivity index is 2.56. The second kappa shape index (κ2) is 6.35. The zero-order valence-corrected chi connectivity index (χ0v) is 11.6. The van der Waals surface area contributed by atoms with Crippen LogP contribution in [0, 0.1) is 0 Å². The Morgan fingerprint density at radius 3 is 2.68 bits per heavy atom. The summed E-state index contributed by atoms with van der Waals surface area (Å²) in [6.07, 6.45) is 0.885. The van der Waals surface area contributed by atoms with Crippen molar-refractivity contribution < 1.29 is 14.4 Å². The van der Waals surface area contributed by atoms with Crippen LogP contribution in [0.5, 0.6) is 11.5 Å². The fourth-order valence-corrected chi connectivity index (χ4v) is 2.32. The van der Waals surface area contributed by atoms with Gasteiger partial charge >= 0.3 is 0 Å². The Morgan fingerprint density at radius 2 is 1.95 bits per heavy atom. The lowest BCUT2D eigenvalue weighted by molar-refractivity contribution is 0.317. The molecule has 0 amide bonds. The predicted molar refractivity (Wildman–Crippen MR) is 76.6 cm³/mol. The lowest BCUT2D eigenvalue weighted by Crippen LogP contribution is -2.01. The second-order valence-corrected chi connectivity index (χ2v) is 4.77. The predicted octanol–water partition coefficient (Wildman–Crippen LogP) is 3.77. The normalized spacial score (nSPS) is 10.6. The standard InChI is InChI=1S/C15H15O3P/c1-2-10-18-13-8-5-7-12(16)15(13)11-6-3-4-9-14(11)19-17/h3-9,16H,2,10H2,1H3. The smallest absolute Gasteiger partial charge is 0.192 e. The van der Waals surface area contributed by atoms with E-state index in [4.69, 9.17) is 4.74 Å². The Hall–Kier alpha value is -1.86. The van der Waals surface area contributed by atoms with Crippen molar-refractivity contribution in [1.82, 2.24) is 0 Å². The van der Waals surface area contributed by atoms with Crippen molar-refractivity contribution in [1.29, 1.82) is 0 Å². The van der Waals surface area contributed by atoms with Gasteiger partial charge in [0.2, 0.25) is 0 Å². The summed E-state index contributed by atoms with van der Waals surface area (Å²) in [6, 6.07) is 12.4. The quantitative estimate of drug-likeness (QED) is 0.844. The topological polar surface area (TPSA) is 46.5 Å². The van der Waals surface area contributed by atoms with Crippen LogP contribution in [0.1, 0.15) is 13.3 Å². The van der Waals surface area contributed by atoms with Crippen LogP contribution in [0.3, 0.4) is 0 Å².